The van der Waals surface area contributed by atoms with E-state index >= 15 is 0 Å². The monoisotopic (exact) mass is 284 g/mol. The quantitative estimate of drug-likeness (QED) is 0.778. The minimum Gasteiger partial charge on any atom is -0.367 e. The number of nitrogens with zero attached hydrogens (tertiary/aromatic N) is 5. The molecule has 1 fully saturated rings. The van der Waals surface area contributed by atoms with Crippen molar-refractivity contribution in [3.05, 3.63) is 36.8 Å². The molecule has 0 aliphatic carbocycles. The van der Waals surface area contributed by atoms with E-state index in [0.29, 0.717) is 0 Å². The molecule has 0 atom stereocenters. The smallest absolute Gasteiger partial charge is 0.160 e. The van der Waals surface area contributed by atoms with Gasteiger partial charge in [0.25, 0.3) is 0 Å². The number of nitrogens with one attached hydrogen (secondary N) is 1. The van der Waals surface area contributed by atoms with Crippen molar-refractivity contribution in [3.63, 3.8) is 0 Å². The number of ether oxygens (including phenoxy) is 1. The van der Waals surface area contributed by atoms with E-state index in [0.717, 1.165) is 35.8 Å². The summed E-state index contributed by atoms with van der Waals surface area (Å²) in [6.07, 6.45) is 7.20. The maximum atomic E-state index is 5.77. The summed E-state index contributed by atoms with van der Waals surface area (Å²) >= 11 is 0. The Morgan fingerprint density at radius 3 is 2.86 bits per heavy atom. The van der Waals surface area contributed by atoms with Crippen LogP contribution in [0.2, 0.25) is 0 Å². The van der Waals surface area contributed by atoms with E-state index in [9.17, 15) is 0 Å². The number of rotatable bonds is 3. The number of anilines is 1. The van der Waals surface area contributed by atoms with Crippen molar-refractivity contribution in [2.24, 2.45) is 7.05 Å². The first-order valence-electron chi connectivity index (χ1n) is 6.79. The van der Waals surface area contributed by atoms with E-state index in [2.05, 4.69) is 24.8 Å². The molecule has 0 spiro atoms. The Bertz CT molecular complexity index is 785. The van der Waals surface area contributed by atoms with Crippen molar-refractivity contribution >= 4 is 16.9 Å². The van der Waals surface area contributed by atoms with Crippen molar-refractivity contribution in [2.75, 3.05) is 25.1 Å². The molecule has 108 valence electrons. The van der Waals surface area contributed by atoms with Crippen LogP contribution in [0.25, 0.3) is 11.0 Å². The highest BCUT2D eigenvalue weighted by molar-refractivity contribution is 5.87. The van der Waals surface area contributed by atoms with Crippen LogP contribution in [0.15, 0.2) is 31.0 Å². The lowest BCUT2D eigenvalue weighted by atomic mass is 9.92. The molecule has 1 aliphatic rings. The van der Waals surface area contributed by atoms with Crippen molar-refractivity contribution < 1.29 is 4.74 Å². The number of hydrogen-bond acceptors (Lipinski definition) is 5. The highest BCUT2D eigenvalue weighted by atomic mass is 16.5. The molecule has 0 bridgehead atoms. The van der Waals surface area contributed by atoms with Crippen LogP contribution in [0.3, 0.4) is 0 Å². The molecule has 0 aromatic carbocycles. The lowest BCUT2D eigenvalue weighted by molar-refractivity contribution is -0.0474. The number of methoxy groups -OCH3 is 1. The first-order valence-corrected chi connectivity index (χ1v) is 6.79. The van der Waals surface area contributed by atoms with E-state index in [1.807, 2.05) is 30.1 Å². The van der Waals surface area contributed by atoms with E-state index in [-0.39, 0.29) is 5.60 Å². The average Bonchev–Trinajstić information content (AvgIpc) is 3.08. The Hall–Kier alpha value is -2.41. The highest BCUT2D eigenvalue weighted by Crippen LogP contribution is 2.38. The first-order chi connectivity index (χ1) is 10.2. The van der Waals surface area contributed by atoms with Crippen LogP contribution in [0.1, 0.15) is 5.82 Å². The van der Waals surface area contributed by atoms with E-state index in [1.165, 1.54) is 0 Å². The summed E-state index contributed by atoms with van der Waals surface area (Å²) in [5, 5.41) is 1.03. The second-order valence-corrected chi connectivity index (χ2v) is 5.35. The zero-order valence-electron chi connectivity index (χ0n) is 11.9. The standard InChI is InChI=1S/C14H16N6O/c1-19-6-5-16-13(19)14(21-2)7-20(8-14)12-10-3-4-15-11(10)17-9-18-12/h3-6,9H,7-8H2,1-2H3,(H,15,17,18). The van der Waals surface area contributed by atoms with Crippen LogP contribution < -0.4 is 4.90 Å². The van der Waals surface area contributed by atoms with Crippen molar-refractivity contribution in [1.82, 2.24) is 24.5 Å². The predicted octanol–water partition coefficient (Wildman–Crippen LogP) is 1.05. The average molecular weight is 284 g/mol. The van der Waals surface area contributed by atoms with E-state index < -0.39 is 0 Å². The summed E-state index contributed by atoms with van der Waals surface area (Å²) < 4.78 is 7.77. The Morgan fingerprint density at radius 1 is 1.29 bits per heavy atom. The van der Waals surface area contributed by atoms with Crippen LogP contribution in [0, 0.1) is 0 Å². The molecule has 21 heavy (non-hydrogen) atoms. The summed E-state index contributed by atoms with van der Waals surface area (Å²) in [7, 11) is 3.72. The van der Waals surface area contributed by atoms with Gasteiger partial charge >= 0.3 is 0 Å². The third kappa shape index (κ3) is 1.67. The van der Waals surface area contributed by atoms with Gasteiger partial charge in [0, 0.05) is 32.7 Å². The van der Waals surface area contributed by atoms with Gasteiger partial charge in [-0.1, -0.05) is 0 Å². The van der Waals surface area contributed by atoms with Gasteiger partial charge in [0.15, 0.2) is 5.60 Å². The SMILES string of the molecule is COC1(c2nccn2C)CN(c2ncnc3[nH]ccc23)C1. The zero-order valence-corrected chi connectivity index (χ0v) is 11.9. The number of hydrogen-bond donors (Lipinski definition) is 1. The molecule has 7 heteroatoms. The van der Waals surface area contributed by atoms with Gasteiger partial charge in [-0.2, -0.15) is 0 Å². The van der Waals surface area contributed by atoms with Crippen molar-refractivity contribution in [1.29, 1.82) is 0 Å². The second-order valence-electron chi connectivity index (χ2n) is 5.35. The molecule has 3 aromatic heterocycles. The molecule has 7 nitrogen and oxygen atoms in total. The molecule has 3 aromatic rings. The van der Waals surface area contributed by atoms with Crippen molar-refractivity contribution in [2.45, 2.75) is 5.60 Å². The Morgan fingerprint density at radius 2 is 2.14 bits per heavy atom. The molecule has 0 amide bonds. The van der Waals surface area contributed by atoms with Gasteiger partial charge < -0.3 is 19.2 Å². The van der Waals surface area contributed by atoms with Crippen LogP contribution in [0.5, 0.6) is 0 Å². The lowest BCUT2D eigenvalue weighted by Crippen LogP contribution is -2.62. The number of aromatic nitrogens is 5. The topological polar surface area (TPSA) is 71.9 Å². The van der Waals surface area contributed by atoms with Gasteiger partial charge in [-0.25, -0.2) is 15.0 Å². The molecule has 0 saturated carbocycles. The minimum absolute atomic E-state index is 0.369. The Kier molecular flexibility index (Phi) is 2.52. The molecular weight excluding hydrogens is 268 g/mol. The Labute approximate surface area is 121 Å². The highest BCUT2D eigenvalue weighted by Gasteiger charge is 2.48. The van der Waals surface area contributed by atoms with Crippen molar-refractivity contribution in [3.8, 4) is 0 Å². The lowest BCUT2D eigenvalue weighted by Gasteiger charge is -2.48. The van der Waals surface area contributed by atoms with Gasteiger partial charge in [0.05, 0.1) is 18.5 Å². The van der Waals surface area contributed by atoms with Gasteiger partial charge in [0.1, 0.15) is 23.6 Å². The molecule has 0 unspecified atom stereocenters. The van der Waals surface area contributed by atoms with Crippen LogP contribution in [0.4, 0.5) is 5.82 Å². The molecule has 1 N–H and O–H groups in total. The van der Waals surface area contributed by atoms with E-state index in [4.69, 9.17) is 4.74 Å². The van der Waals surface area contributed by atoms with Gasteiger partial charge in [-0.05, 0) is 6.07 Å². The van der Waals surface area contributed by atoms with Gasteiger partial charge in [-0.3, -0.25) is 0 Å². The summed E-state index contributed by atoms with van der Waals surface area (Å²) in [4.78, 5) is 18.4. The third-order valence-electron chi connectivity index (χ3n) is 4.14. The predicted molar refractivity (Wildman–Crippen MR) is 78.0 cm³/mol. The molecule has 0 radical (unpaired) electrons. The summed E-state index contributed by atoms with van der Waals surface area (Å²) in [5.41, 5.74) is 0.484. The largest absolute Gasteiger partial charge is 0.367 e. The summed E-state index contributed by atoms with van der Waals surface area (Å²) in [5.74, 6) is 1.88. The fourth-order valence-electron chi connectivity index (χ4n) is 3.00. The maximum Gasteiger partial charge on any atom is 0.160 e. The third-order valence-corrected chi connectivity index (χ3v) is 4.14. The zero-order chi connectivity index (χ0) is 14.4. The summed E-state index contributed by atoms with van der Waals surface area (Å²) in [6.45, 7) is 1.46. The minimum atomic E-state index is -0.369. The van der Waals surface area contributed by atoms with Crippen LogP contribution >= 0.6 is 0 Å². The first kappa shape index (κ1) is 12.3. The number of imidazole rings is 1. The Balaban J connectivity index is 1.67. The fourth-order valence-corrected chi connectivity index (χ4v) is 3.00. The fraction of sp³-hybridized carbons (Fsp3) is 0.357. The second kappa shape index (κ2) is 4.29. The number of H-pyrrole nitrogens is 1. The number of aryl methyl sites for hydroxylation is 1. The molecule has 1 aliphatic heterocycles. The van der Waals surface area contributed by atoms with Crippen LogP contribution in [-0.4, -0.2) is 44.7 Å². The molecule has 1 saturated heterocycles. The van der Waals surface area contributed by atoms with Gasteiger partial charge in [-0.15, -0.1) is 0 Å². The molecule has 4 heterocycles. The van der Waals surface area contributed by atoms with Crippen LogP contribution in [-0.2, 0) is 17.4 Å². The number of aromatic amines is 1. The summed E-state index contributed by atoms with van der Waals surface area (Å²) in [6, 6.07) is 2.00. The maximum absolute atomic E-state index is 5.77. The van der Waals surface area contributed by atoms with Gasteiger partial charge in [0.2, 0.25) is 0 Å². The van der Waals surface area contributed by atoms with E-state index in [1.54, 1.807) is 19.6 Å². The molecule has 4 rings (SSSR count). The number of fused-ring (bicyclic) bond motifs is 1. The molecular formula is C14H16N6O. The normalized spacial score (nSPS) is 17.1.